The predicted molar refractivity (Wildman–Crippen MR) is 84.2 cm³/mol. The van der Waals surface area contributed by atoms with E-state index in [9.17, 15) is 9.59 Å². The molecule has 22 heavy (non-hydrogen) atoms. The zero-order chi connectivity index (χ0) is 16.2. The number of carbonyl (C=O) groups is 2. The molecule has 0 spiro atoms. The summed E-state index contributed by atoms with van der Waals surface area (Å²) >= 11 is 0. The van der Waals surface area contributed by atoms with Gasteiger partial charge in [0.15, 0.2) is 0 Å². The molecule has 2 rings (SSSR count). The molecule has 5 heteroatoms. The van der Waals surface area contributed by atoms with E-state index in [4.69, 9.17) is 4.74 Å². The summed E-state index contributed by atoms with van der Waals surface area (Å²) in [4.78, 5) is 26.9. The van der Waals surface area contributed by atoms with Crippen LogP contribution in [-0.4, -0.2) is 43.0 Å². The molecule has 2 amide bonds. The first-order chi connectivity index (χ1) is 10.4. The topological polar surface area (TPSA) is 58.6 Å². The van der Waals surface area contributed by atoms with Gasteiger partial charge in [-0.25, -0.2) is 0 Å². The van der Waals surface area contributed by atoms with Crippen molar-refractivity contribution in [2.24, 2.45) is 5.41 Å². The first-order valence-corrected chi connectivity index (χ1v) is 7.62. The molecule has 1 heterocycles. The van der Waals surface area contributed by atoms with E-state index in [2.05, 4.69) is 5.32 Å². The van der Waals surface area contributed by atoms with Crippen molar-refractivity contribution < 1.29 is 14.3 Å². The Hall–Kier alpha value is -1.88. The van der Waals surface area contributed by atoms with Crippen LogP contribution < -0.4 is 5.32 Å². The van der Waals surface area contributed by atoms with Crippen LogP contribution in [0, 0.1) is 5.41 Å². The highest BCUT2D eigenvalue weighted by Gasteiger charge is 2.31. The third-order valence-corrected chi connectivity index (χ3v) is 3.66. The number of morpholine rings is 1. The van der Waals surface area contributed by atoms with Gasteiger partial charge in [-0.3, -0.25) is 9.59 Å². The molecule has 120 valence electrons. The number of rotatable bonds is 3. The van der Waals surface area contributed by atoms with Gasteiger partial charge in [0.2, 0.25) is 11.8 Å². The number of hydrogen-bond donors (Lipinski definition) is 1. The zero-order valence-corrected chi connectivity index (χ0v) is 13.5. The summed E-state index contributed by atoms with van der Waals surface area (Å²) in [5.74, 6) is -0.213. The molecule has 1 aliphatic heterocycles. The largest absolute Gasteiger partial charge is 0.378 e. The molecule has 0 aliphatic carbocycles. The number of amides is 2. The van der Waals surface area contributed by atoms with Crippen molar-refractivity contribution in [1.82, 2.24) is 10.2 Å². The normalized spacial score (nSPS) is 17.0. The summed E-state index contributed by atoms with van der Waals surface area (Å²) in [6.45, 7) is 7.72. The number of ether oxygens (including phenoxy) is 1. The summed E-state index contributed by atoms with van der Waals surface area (Å²) in [6.07, 6.45) is 0. The average molecular weight is 304 g/mol. The molecule has 1 N–H and O–H groups in total. The molecule has 1 saturated heterocycles. The lowest BCUT2D eigenvalue weighted by atomic mass is 9.94. The maximum absolute atomic E-state index is 12.8. The molecule has 0 aromatic heterocycles. The highest BCUT2D eigenvalue weighted by molar-refractivity contribution is 5.90. The zero-order valence-electron chi connectivity index (χ0n) is 13.5. The van der Waals surface area contributed by atoms with Gasteiger partial charge in [-0.05, 0) is 5.56 Å². The Kier molecular flexibility index (Phi) is 5.19. The summed E-state index contributed by atoms with van der Waals surface area (Å²) in [6, 6.07) is 8.73. The molecule has 5 nitrogen and oxygen atoms in total. The van der Waals surface area contributed by atoms with Crippen LogP contribution in [0.25, 0.3) is 0 Å². The van der Waals surface area contributed by atoms with Crippen LogP contribution in [-0.2, 0) is 14.3 Å². The van der Waals surface area contributed by atoms with E-state index in [0.717, 1.165) is 5.56 Å². The van der Waals surface area contributed by atoms with Crippen molar-refractivity contribution in [2.75, 3.05) is 26.3 Å². The van der Waals surface area contributed by atoms with Crippen LogP contribution in [0.5, 0.6) is 0 Å². The second kappa shape index (κ2) is 6.92. The minimum absolute atomic E-state index is 0.0768. The molecule has 0 radical (unpaired) electrons. The highest BCUT2D eigenvalue weighted by atomic mass is 16.5. The maximum atomic E-state index is 12.8. The number of nitrogens with one attached hydrogen (secondary N) is 1. The van der Waals surface area contributed by atoms with Gasteiger partial charge in [0.1, 0.15) is 6.04 Å². The molecular formula is C17H24N2O3. The maximum Gasteiger partial charge on any atom is 0.249 e. The van der Waals surface area contributed by atoms with E-state index in [0.29, 0.717) is 26.3 Å². The standard InChI is InChI=1S/C17H24N2O3/c1-17(2,3)16(21)18-14(13-7-5-4-6-8-13)15(20)19-9-11-22-12-10-19/h4-8,14H,9-12H2,1-3H3,(H,18,21)/t14-/m0/s1. The van der Waals surface area contributed by atoms with Crippen LogP contribution in [0.1, 0.15) is 32.4 Å². The van der Waals surface area contributed by atoms with E-state index >= 15 is 0 Å². The van der Waals surface area contributed by atoms with Gasteiger partial charge in [0.25, 0.3) is 0 Å². The van der Waals surface area contributed by atoms with Crippen LogP contribution in [0.15, 0.2) is 30.3 Å². The van der Waals surface area contributed by atoms with Gasteiger partial charge >= 0.3 is 0 Å². The molecule has 1 aromatic rings. The Labute approximate surface area is 131 Å². The molecule has 0 saturated carbocycles. The first kappa shape index (κ1) is 16.5. The molecular weight excluding hydrogens is 280 g/mol. The Balaban J connectivity index is 2.21. The summed E-state index contributed by atoms with van der Waals surface area (Å²) in [5.41, 5.74) is 0.259. The van der Waals surface area contributed by atoms with Crippen molar-refractivity contribution >= 4 is 11.8 Å². The monoisotopic (exact) mass is 304 g/mol. The van der Waals surface area contributed by atoms with Gasteiger partial charge in [0, 0.05) is 18.5 Å². The minimum Gasteiger partial charge on any atom is -0.378 e. The second-order valence-electron chi connectivity index (χ2n) is 6.50. The average Bonchev–Trinajstić information content (AvgIpc) is 2.52. The number of benzene rings is 1. The van der Waals surface area contributed by atoms with Crippen molar-refractivity contribution in [3.05, 3.63) is 35.9 Å². The molecule has 0 unspecified atom stereocenters. The lowest BCUT2D eigenvalue weighted by molar-refractivity contribution is -0.141. The smallest absolute Gasteiger partial charge is 0.249 e. The lowest BCUT2D eigenvalue weighted by Gasteiger charge is -2.32. The quantitative estimate of drug-likeness (QED) is 0.925. The number of carbonyl (C=O) groups excluding carboxylic acids is 2. The number of nitrogens with zero attached hydrogens (tertiary/aromatic N) is 1. The number of hydrogen-bond acceptors (Lipinski definition) is 3. The summed E-state index contributed by atoms with van der Waals surface area (Å²) in [5, 5.41) is 2.90. The van der Waals surface area contributed by atoms with Gasteiger partial charge in [-0.2, -0.15) is 0 Å². The fourth-order valence-electron chi connectivity index (χ4n) is 2.25. The van der Waals surface area contributed by atoms with E-state index < -0.39 is 11.5 Å². The lowest BCUT2D eigenvalue weighted by Crippen LogP contribution is -2.49. The Morgan fingerprint density at radius 2 is 1.73 bits per heavy atom. The van der Waals surface area contributed by atoms with E-state index in [-0.39, 0.29) is 11.8 Å². The third-order valence-electron chi connectivity index (χ3n) is 3.66. The molecule has 1 aliphatic rings. The van der Waals surface area contributed by atoms with E-state index in [1.54, 1.807) is 4.90 Å². The first-order valence-electron chi connectivity index (χ1n) is 7.62. The van der Waals surface area contributed by atoms with Crippen LogP contribution in [0.3, 0.4) is 0 Å². The van der Waals surface area contributed by atoms with Crippen LogP contribution in [0.4, 0.5) is 0 Å². The fraction of sp³-hybridized carbons (Fsp3) is 0.529. The molecule has 1 atom stereocenters. The fourth-order valence-corrected chi connectivity index (χ4v) is 2.25. The van der Waals surface area contributed by atoms with Gasteiger partial charge < -0.3 is 15.0 Å². The SMILES string of the molecule is CC(C)(C)C(=O)N[C@H](C(=O)N1CCOCC1)c1ccccc1. The Bertz CT molecular complexity index is 516. The predicted octanol–water partition coefficient (Wildman–Crippen LogP) is 1.75. The van der Waals surface area contributed by atoms with Gasteiger partial charge in [-0.15, -0.1) is 0 Å². The molecule has 1 aromatic carbocycles. The third kappa shape index (κ3) is 4.07. The van der Waals surface area contributed by atoms with Gasteiger partial charge in [-0.1, -0.05) is 51.1 Å². The second-order valence-corrected chi connectivity index (χ2v) is 6.50. The Morgan fingerprint density at radius 3 is 2.27 bits per heavy atom. The Morgan fingerprint density at radius 1 is 1.14 bits per heavy atom. The van der Waals surface area contributed by atoms with E-state index in [1.165, 1.54) is 0 Å². The van der Waals surface area contributed by atoms with Crippen LogP contribution in [0.2, 0.25) is 0 Å². The van der Waals surface area contributed by atoms with Crippen molar-refractivity contribution in [3.63, 3.8) is 0 Å². The van der Waals surface area contributed by atoms with Crippen LogP contribution >= 0.6 is 0 Å². The molecule has 0 bridgehead atoms. The van der Waals surface area contributed by atoms with Crippen molar-refractivity contribution in [3.8, 4) is 0 Å². The van der Waals surface area contributed by atoms with Crippen molar-refractivity contribution in [2.45, 2.75) is 26.8 Å². The highest BCUT2D eigenvalue weighted by Crippen LogP contribution is 2.20. The molecule has 1 fully saturated rings. The van der Waals surface area contributed by atoms with E-state index in [1.807, 2.05) is 51.1 Å². The van der Waals surface area contributed by atoms with Crippen molar-refractivity contribution in [1.29, 1.82) is 0 Å². The summed E-state index contributed by atoms with van der Waals surface area (Å²) < 4.78 is 5.29. The summed E-state index contributed by atoms with van der Waals surface area (Å²) in [7, 11) is 0. The minimum atomic E-state index is -0.647. The van der Waals surface area contributed by atoms with Gasteiger partial charge in [0.05, 0.1) is 13.2 Å².